The molecule has 1 aliphatic heterocycles. The lowest BCUT2D eigenvalue weighted by atomic mass is 9.84. The Kier molecular flexibility index (Phi) is 7.35. The first-order valence-corrected chi connectivity index (χ1v) is 13.0. The van der Waals surface area contributed by atoms with Crippen LogP contribution in [0.15, 0.2) is 48.8 Å². The molecule has 2 aliphatic rings. The van der Waals surface area contributed by atoms with E-state index in [4.69, 9.17) is 0 Å². The summed E-state index contributed by atoms with van der Waals surface area (Å²) in [6, 6.07) is 10.7. The van der Waals surface area contributed by atoms with Gasteiger partial charge in [-0.3, -0.25) is 24.4 Å². The predicted octanol–water partition coefficient (Wildman–Crippen LogP) is 4.85. The van der Waals surface area contributed by atoms with Crippen LogP contribution in [0.3, 0.4) is 0 Å². The topological polar surface area (TPSA) is 89.3 Å². The maximum absolute atomic E-state index is 14.2. The van der Waals surface area contributed by atoms with Crippen LogP contribution in [0, 0.1) is 11.5 Å². The molecule has 2 unspecified atom stereocenters. The van der Waals surface area contributed by atoms with E-state index >= 15 is 0 Å². The number of nitrogens with zero attached hydrogens (tertiary/aromatic N) is 4. The van der Waals surface area contributed by atoms with Crippen molar-refractivity contribution in [3.63, 3.8) is 0 Å². The van der Waals surface area contributed by atoms with Crippen LogP contribution in [-0.4, -0.2) is 39.8 Å². The Labute approximate surface area is 214 Å². The van der Waals surface area contributed by atoms with Gasteiger partial charge in [0.25, 0.3) is 5.91 Å². The standard InChI is InChI=1S/C29H37N5O2/c1-28(2,3)22-12-14-24(15-13-22)34(27(36)29(4)16-18-33(29)20-30)25(21-9-8-17-31-19-21)26(35)32-23-10-6-5-7-11-23/h8-9,12-15,17,19,23,25H,5-7,10-11,16,18H2,1-4H3,(H,32,35). The highest BCUT2D eigenvalue weighted by atomic mass is 16.2. The van der Waals surface area contributed by atoms with Gasteiger partial charge >= 0.3 is 0 Å². The van der Waals surface area contributed by atoms with Gasteiger partial charge in [-0.2, -0.15) is 5.26 Å². The molecule has 36 heavy (non-hydrogen) atoms. The molecule has 2 amide bonds. The van der Waals surface area contributed by atoms with Crippen molar-refractivity contribution in [2.75, 3.05) is 11.4 Å². The third kappa shape index (κ3) is 5.09. The Morgan fingerprint density at radius 3 is 2.39 bits per heavy atom. The smallest absolute Gasteiger partial charge is 0.254 e. The molecule has 190 valence electrons. The van der Waals surface area contributed by atoms with Crippen LogP contribution in [0.1, 0.15) is 83.4 Å². The second kappa shape index (κ2) is 10.3. The van der Waals surface area contributed by atoms with E-state index < -0.39 is 11.6 Å². The molecule has 4 rings (SSSR count). The first-order valence-electron chi connectivity index (χ1n) is 13.0. The molecule has 1 aliphatic carbocycles. The van der Waals surface area contributed by atoms with Gasteiger partial charge in [-0.05, 0) is 55.4 Å². The van der Waals surface area contributed by atoms with Crippen molar-refractivity contribution in [2.24, 2.45) is 0 Å². The largest absolute Gasteiger partial charge is 0.351 e. The lowest BCUT2D eigenvalue weighted by molar-refractivity contribution is -0.137. The number of carbonyl (C=O) groups excluding carboxylic acids is 2. The number of rotatable bonds is 6. The van der Waals surface area contributed by atoms with Gasteiger partial charge in [-0.15, -0.1) is 0 Å². The number of carbonyl (C=O) groups is 2. The lowest BCUT2D eigenvalue weighted by Crippen LogP contribution is -2.65. The molecule has 1 saturated heterocycles. The number of aromatic nitrogens is 1. The fourth-order valence-corrected chi connectivity index (χ4v) is 5.19. The number of amides is 2. The number of pyridine rings is 1. The Bertz CT molecular complexity index is 1110. The van der Waals surface area contributed by atoms with Crippen LogP contribution >= 0.6 is 0 Å². The van der Waals surface area contributed by atoms with Gasteiger partial charge in [0.15, 0.2) is 6.19 Å². The highest BCUT2D eigenvalue weighted by Gasteiger charge is 2.51. The molecule has 1 saturated carbocycles. The van der Waals surface area contributed by atoms with Crippen molar-refractivity contribution in [3.05, 3.63) is 59.9 Å². The summed E-state index contributed by atoms with van der Waals surface area (Å²) in [5.41, 5.74) is 1.36. The summed E-state index contributed by atoms with van der Waals surface area (Å²) in [5.74, 6) is -0.471. The van der Waals surface area contributed by atoms with Crippen molar-refractivity contribution in [1.29, 1.82) is 5.26 Å². The molecule has 0 spiro atoms. The van der Waals surface area contributed by atoms with Gasteiger partial charge in [0.05, 0.1) is 0 Å². The summed E-state index contributed by atoms with van der Waals surface area (Å²) in [6.07, 6.45) is 11.3. The first kappa shape index (κ1) is 25.7. The Morgan fingerprint density at radius 1 is 1.17 bits per heavy atom. The summed E-state index contributed by atoms with van der Waals surface area (Å²) >= 11 is 0. The van der Waals surface area contributed by atoms with Gasteiger partial charge in [-0.25, -0.2) is 0 Å². The molecule has 0 bridgehead atoms. The molecule has 2 heterocycles. The molecule has 1 aromatic heterocycles. The SMILES string of the molecule is CC(C)(C)c1ccc(N(C(=O)C2(C)CCN2C#N)C(C(=O)NC2CCCCC2)c2cccnc2)cc1. The minimum absolute atomic E-state index is 0.0496. The zero-order valence-electron chi connectivity index (χ0n) is 21.8. The van der Waals surface area contributed by atoms with Gasteiger partial charge in [0, 0.05) is 36.2 Å². The van der Waals surface area contributed by atoms with E-state index in [0.29, 0.717) is 24.2 Å². The molecular formula is C29H37N5O2. The van der Waals surface area contributed by atoms with Crippen molar-refractivity contribution in [3.8, 4) is 6.19 Å². The Hall–Kier alpha value is -3.40. The quantitative estimate of drug-likeness (QED) is 0.589. The molecule has 7 nitrogen and oxygen atoms in total. The summed E-state index contributed by atoms with van der Waals surface area (Å²) < 4.78 is 0. The van der Waals surface area contributed by atoms with Gasteiger partial charge in [0.1, 0.15) is 11.6 Å². The fraction of sp³-hybridized carbons (Fsp3) is 0.517. The number of hydrogen-bond donors (Lipinski definition) is 1. The summed E-state index contributed by atoms with van der Waals surface area (Å²) in [4.78, 5) is 35.5. The van der Waals surface area contributed by atoms with Crippen molar-refractivity contribution < 1.29 is 9.59 Å². The molecule has 2 fully saturated rings. The molecular weight excluding hydrogens is 450 g/mol. The fourth-order valence-electron chi connectivity index (χ4n) is 5.19. The third-order valence-electron chi connectivity index (χ3n) is 7.69. The van der Waals surface area contributed by atoms with E-state index in [1.165, 1.54) is 11.3 Å². The minimum Gasteiger partial charge on any atom is -0.351 e. The molecule has 2 atom stereocenters. The van der Waals surface area contributed by atoms with Gasteiger partial charge < -0.3 is 5.32 Å². The van der Waals surface area contributed by atoms with E-state index in [1.54, 1.807) is 30.3 Å². The molecule has 1 aromatic carbocycles. The Balaban J connectivity index is 1.79. The van der Waals surface area contributed by atoms with Gasteiger partial charge in [0.2, 0.25) is 5.91 Å². The summed E-state index contributed by atoms with van der Waals surface area (Å²) in [7, 11) is 0. The zero-order chi connectivity index (χ0) is 25.9. The summed E-state index contributed by atoms with van der Waals surface area (Å²) in [5, 5.41) is 12.9. The number of nitrogens with one attached hydrogen (secondary N) is 1. The molecule has 1 N–H and O–H groups in total. The zero-order valence-corrected chi connectivity index (χ0v) is 21.8. The van der Waals surface area contributed by atoms with E-state index in [2.05, 4.69) is 37.3 Å². The van der Waals surface area contributed by atoms with Crippen LogP contribution in [0.2, 0.25) is 0 Å². The third-order valence-corrected chi connectivity index (χ3v) is 7.69. The number of benzene rings is 1. The van der Waals surface area contributed by atoms with Crippen LogP contribution in [-0.2, 0) is 15.0 Å². The van der Waals surface area contributed by atoms with E-state index in [-0.39, 0.29) is 23.3 Å². The second-order valence-electron chi connectivity index (χ2n) is 11.3. The predicted molar refractivity (Wildman–Crippen MR) is 140 cm³/mol. The second-order valence-corrected chi connectivity index (χ2v) is 11.3. The maximum atomic E-state index is 14.2. The number of hydrogen-bond acceptors (Lipinski definition) is 5. The number of anilines is 1. The van der Waals surface area contributed by atoms with E-state index in [9.17, 15) is 14.9 Å². The van der Waals surface area contributed by atoms with Crippen LogP contribution in [0.5, 0.6) is 0 Å². The molecule has 7 heteroatoms. The van der Waals surface area contributed by atoms with Crippen molar-refractivity contribution >= 4 is 17.5 Å². The van der Waals surface area contributed by atoms with Crippen molar-refractivity contribution in [1.82, 2.24) is 15.2 Å². The molecule has 2 aromatic rings. The van der Waals surface area contributed by atoms with Crippen LogP contribution < -0.4 is 10.2 Å². The average molecular weight is 488 g/mol. The Morgan fingerprint density at radius 2 is 1.86 bits per heavy atom. The van der Waals surface area contributed by atoms with Crippen LogP contribution in [0.25, 0.3) is 0 Å². The normalized spacial score (nSPS) is 21.1. The average Bonchev–Trinajstić information content (AvgIpc) is 2.86. The first-order chi connectivity index (χ1) is 17.1. The lowest BCUT2D eigenvalue weighted by Gasteiger charge is -2.48. The van der Waals surface area contributed by atoms with E-state index in [0.717, 1.165) is 31.2 Å². The van der Waals surface area contributed by atoms with Crippen LogP contribution in [0.4, 0.5) is 5.69 Å². The van der Waals surface area contributed by atoms with Gasteiger partial charge in [-0.1, -0.05) is 58.2 Å². The monoisotopic (exact) mass is 487 g/mol. The minimum atomic E-state index is -0.997. The highest BCUT2D eigenvalue weighted by Crippen LogP contribution is 2.38. The number of nitriles is 1. The highest BCUT2D eigenvalue weighted by molar-refractivity contribution is 6.06. The number of likely N-dealkylation sites (tertiary alicyclic amines) is 1. The maximum Gasteiger partial charge on any atom is 0.254 e. The summed E-state index contributed by atoms with van der Waals surface area (Å²) in [6.45, 7) is 8.74. The van der Waals surface area contributed by atoms with Crippen molar-refractivity contribution in [2.45, 2.75) is 89.3 Å². The van der Waals surface area contributed by atoms with E-state index in [1.807, 2.05) is 30.3 Å². The molecule has 0 radical (unpaired) electrons.